The molecule has 0 heterocycles. The van der Waals surface area contributed by atoms with Crippen LogP contribution in [0.1, 0.15) is 143 Å². The van der Waals surface area contributed by atoms with Crippen molar-refractivity contribution in [3.8, 4) is 0 Å². The lowest BCUT2D eigenvalue weighted by molar-refractivity contribution is 0.0592. The number of methoxy groups -OCH3 is 3. The predicted octanol–water partition coefficient (Wildman–Crippen LogP) is 10.7. The molecule has 270 valence electrons. The summed E-state index contributed by atoms with van der Waals surface area (Å²) in [5.41, 5.74) is 5.44. The van der Waals surface area contributed by atoms with Crippen molar-refractivity contribution in [2.45, 2.75) is 95.8 Å². The van der Waals surface area contributed by atoms with Crippen LogP contribution in [-0.2, 0) is 26.0 Å². The molecule has 0 unspecified atom stereocenters. The van der Waals surface area contributed by atoms with Gasteiger partial charge >= 0.3 is 17.9 Å². The molecule has 0 atom stereocenters. The first-order chi connectivity index (χ1) is 24.9. The number of ether oxygens (including phenoxy) is 3. The van der Waals surface area contributed by atoms with E-state index in [0.29, 0.717) is 16.7 Å². The zero-order valence-electron chi connectivity index (χ0n) is 30.9. The van der Waals surface area contributed by atoms with Crippen LogP contribution in [-0.4, -0.2) is 39.2 Å². The van der Waals surface area contributed by atoms with Gasteiger partial charge in [0.1, 0.15) is 0 Å². The maximum absolute atomic E-state index is 12.4. The van der Waals surface area contributed by atoms with Crippen molar-refractivity contribution in [2.24, 2.45) is 0 Å². The molecule has 0 aliphatic heterocycles. The first-order valence-electron chi connectivity index (χ1n) is 18.5. The number of aryl methyl sites for hydroxylation is 1. The molecule has 0 aliphatic carbocycles. The average Bonchev–Trinajstić information content (AvgIpc) is 3.19. The molecule has 0 aromatic heterocycles. The van der Waals surface area contributed by atoms with Gasteiger partial charge in [-0.05, 0) is 77.1 Å². The second-order valence-corrected chi connectivity index (χ2v) is 13.3. The highest BCUT2D eigenvalue weighted by Gasteiger charge is 2.39. The molecule has 0 fully saturated rings. The van der Waals surface area contributed by atoms with Gasteiger partial charge in [0.25, 0.3) is 0 Å². The highest BCUT2D eigenvalue weighted by Crippen LogP contribution is 2.45. The first-order valence-corrected chi connectivity index (χ1v) is 18.5. The van der Waals surface area contributed by atoms with Gasteiger partial charge in [-0.15, -0.1) is 0 Å². The van der Waals surface area contributed by atoms with Gasteiger partial charge in [-0.1, -0.05) is 138 Å². The van der Waals surface area contributed by atoms with Crippen molar-refractivity contribution in [3.63, 3.8) is 0 Å². The summed E-state index contributed by atoms with van der Waals surface area (Å²) in [4.78, 5) is 37.2. The van der Waals surface area contributed by atoms with Crippen LogP contribution in [0.4, 0.5) is 0 Å². The quantitative estimate of drug-likeness (QED) is 0.0397. The van der Waals surface area contributed by atoms with Gasteiger partial charge in [-0.2, -0.15) is 0 Å². The largest absolute Gasteiger partial charge is 0.465 e. The molecule has 4 rings (SSSR count). The molecule has 51 heavy (non-hydrogen) atoms. The molecule has 0 saturated carbocycles. The minimum Gasteiger partial charge on any atom is -0.465 e. The second-order valence-electron chi connectivity index (χ2n) is 13.3. The van der Waals surface area contributed by atoms with Crippen LogP contribution in [0.2, 0.25) is 0 Å². The lowest BCUT2D eigenvalue weighted by Crippen LogP contribution is -2.31. The van der Waals surface area contributed by atoms with E-state index >= 15 is 0 Å². The molecule has 4 aromatic rings. The van der Waals surface area contributed by atoms with Gasteiger partial charge in [0.15, 0.2) is 0 Å². The molecule has 0 saturated heterocycles. The summed E-state index contributed by atoms with van der Waals surface area (Å²) in [5, 5.41) is 0. The number of esters is 3. The van der Waals surface area contributed by atoms with Crippen molar-refractivity contribution in [1.82, 2.24) is 0 Å². The average molecular weight is 691 g/mol. The third kappa shape index (κ3) is 10.2. The fraction of sp³-hybridized carbons (Fsp3) is 0.400. The SMILES string of the molecule is CCCCCCCCCCCCCCc1ccc(C(c2ccc(C(=O)OC)cc2)(c2ccc(C(=O)OC)cc2)c2ccc(C(=O)OC)cc2)cc1. The molecule has 4 aromatic carbocycles. The maximum atomic E-state index is 12.4. The van der Waals surface area contributed by atoms with Crippen molar-refractivity contribution in [3.05, 3.63) is 142 Å². The van der Waals surface area contributed by atoms with Gasteiger partial charge in [0.05, 0.1) is 43.4 Å². The molecule has 0 aliphatic rings. The Morgan fingerprint density at radius 2 is 0.686 bits per heavy atom. The Labute approximate surface area is 304 Å². The van der Waals surface area contributed by atoms with Crippen LogP contribution < -0.4 is 0 Å². The number of hydrogen-bond acceptors (Lipinski definition) is 6. The molecule has 0 amide bonds. The predicted molar refractivity (Wildman–Crippen MR) is 204 cm³/mol. The molecule has 0 radical (unpaired) electrons. The minimum atomic E-state index is -0.869. The Morgan fingerprint density at radius 1 is 0.412 bits per heavy atom. The number of rotatable bonds is 20. The molecular formula is C45H54O6. The van der Waals surface area contributed by atoms with E-state index in [1.807, 2.05) is 36.4 Å². The summed E-state index contributed by atoms with van der Waals surface area (Å²) < 4.78 is 14.9. The third-order valence-electron chi connectivity index (χ3n) is 9.92. The fourth-order valence-electron chi connectivity index (χ4n) is 7.01. The van der Waals surface area contributed by atoms with E-state index in [1.165, 1.54) is 97.5 Å². The van der Waals surface area contributed by atoms with E-state index in [9.17, 15) is 14.4 Å². The molecule has 6 nitrogen and oxygen atoms in total. The number of unbranched alkanes of at least 4 members (excludes halogenated alkanes) is 11. The van der Waals surface area contributed by atoms with Crippen molar-refractivity contribution < 1.29 is 28.6 Å². The Bertz CT molecular complexity index is 1510. The summed E-state index contributed by atoms with van der Waals surface area (Å²) in [6.07, 6.45) is 16.9. The Kier molecular flexibility index (Phi) is 15.5. The molecule has 0 bridgehead atoms. The monoisotopic (exact) mass is 690 g/mol. The lowest BCUT2D eigenvalue weighted by Gasteiger charge is -2.37. The van der Waals surface area contributed by atoms with Crippen LogP contribution in [0.3, 0.4) is 0 Å². The van der Waals surface area contributed by atoms with Gasteiger partial charge in [0.2, 0.25) is 0 Å². The van der Waals surface area contributed by atoms with E-state index < -0.39 is 23.3 Å². The highest BCUT2D eigenvalue weighted by atomic mass is 16.5. The van der Waals surface area contributed by atoms with E-state index in [0.717, 1.165) is 35.1 Å². The van der Waals surface area contributed by atoms with Crippen LogP contribution in [0.5, 0.6) is 0 Å². The smallest absolute Gasteiger partial charge is 0.337 e. The fourth-order valence-corrected chi connectivity index (χ4v) is 7.01. The topological polar surface area (TPSA) is 78.9 Å². The molecule has 6 heteroatoms. The van der Waals surface area contributed by atoms with Gasteiger partial charge < -0.3 is 14.2 Å². The first kappa shape index (κ1) is 39.1. The van der Waals surface area contributed by atoms with Crippen LogP contribution in [0.25, 0.3) is 0 Å². The molecule has 0 N–H and O–H groups in total. The summed E-state index contributed by atoms with van der Waals surface area (Å²) in [6.45, 7) is 2.27. The van der Waals surface area contributed by atoms with Crippen molar-refractivity contribution >= 4 is 17.9 Å². The summed E-state index contributed by atoms with van der Waals surface area (Å²) in [7, 11) is 4.10. The summed E-state index contributed by atoms with van der Waals surface area (Å²) in [6, 6.07) is 31.0. The maximum Gasteiger partial charge on any atom is 0.337 e. The number of hydrogen-bond donors (Lipinski definition) is 0. The van der Waals surface area contributed by atoms with Crippen molar-refractivity contribution in [1.29, 1.82) is 0 Å². The Balaban J connectivity index is 1.63. The third-order valence-corrected chi connectivity index (χ3v) is 9.92. The zero-order chi connectivity index (χ0) is 36.5. The van der Waals surface area contributed by atoms with Gasteiger partial charge in [-0.25, -0.2) is 14.4 Å². The summed E-state index contributed by atoms with van der Waals surface area (Å²) in [5.74, 6) is -1.25. The Hall–Kier alpha value is -4.71. The van der Waals surface area contributed by atoms with E-state index in [4.69, 9.17) is 14.2 Å². The zero-order valence-corrected chi connectivity index (χ0v) is 30.9. The number of carbonyl (C=O) groups excluding carboxylic acids is 3. The van der Waals surface area contributed by atoms with Gasteiger partial charge in [-0.3, -0.25) is 0 Å². The molecule has 0 spiro atoms. The summed E-state index contributed by atoms with van der Waals surface area (Å²) >= 11 is 0. The van der Waals surface area contributed by atoms with E-state index in [1.54, 1.807) is 36.4 Å². The van der Waals surface area contributed by atoms with Crippen molar-refractivity contribution in [2.75, 3.05) is 21.3 Å². The normalized spacial score (nSPS) is 11.2. The van der Waals surface area contributed by atoms with Gasteiger partial charge in [0, 0.05) is 0 Å². The highest BCUT2D eigenvalue weighted by molar-refractivity contribution is 5.91. The van der Waals surface area contributed by atoms with Crippen LogP contribution >= 0.6 is 0 Å². The Morgan fingerprint density at radius 3 is 0.980 bits per heavy atom. The lowest BCUT2D eigenvalue weighted by atomic mass is 9.64. The van der Waals surface area contributed by atoms with E-state index in [-0.39, 0.29) is 0 Å². The minimum absolute atomic E-state index is 0.417. The number of benzene rings is 4. The molecular weight excluding hydrogens is 636 g/mol. The van der Waals surface area contributed by atoms with Crippen LogP contribution in [0.15, 0.2) is 97.1 Å². The number of carbonyl (C=O) groups is 3. The second kappa shape index (κ2) is 20.2. The standard InChI is InChI=1S/C45H54O6/c1-5-6-7-8-9-10-11-12-13-14-15-16-17-34-18-26-38(27-19-34)45(39-28-20-35(21-29-39)42(46)49-2,40-30-22-36(23-31-40)43(47)50-3)41-32-24-37(25-33-41)44(48)51-4/h18-33H,5-17H2,1-4H3. The van der Waals surface area contributed by atoms with E-state index in [2.05, 4.69) is 31.2 Å². The van der Waals surface area contributed by atoms with Crippen LogP contribution in [0, 0.1) is 0 Å².